The third-order valence-electron chi connectivity index (χ3n) is 7.08. The van der Waals surface area contributed by atoms with Gasteiger partial charge in [-0.15, -0.1) is 0 Å². The zero-order valence-electron chi connectivity index (χ0n) is 21.1. The lowest BCUT2D eigenvalue weighted by molar-refractivity contribution is -0.139. The normalized spacial score (nSPS) is 24.8. The third-order valence-corrected chi connectivity index (χ3v) is 7.08. The van der Waals surface area contributed by atoms with Gasteiger partial charge in [-0.3, -0.25) is 19.8 Å². The minimum Gasteiger partial charge on any atom is -0.370 e. The minimum absolute atomic E-state index is 0.125. The summed E-state index contributed by atoms with van der Waals surface area (Å²) in [5.74, 6) is 0.798. The number of benzene rings is 1. The van der Waals surface area contributed by atoms with Crippen LogP contribution >= 0.6 is 0 Å². The van der Waals surface area contributed by atoms with Crippen LogP contribution in [-0.2, 0) is 14.4 Å². The van der Waals surface area contributed by atoms with Crippen molar-refractivity contribution in [3.8, 4) is 0 Å². The third kappa shape index (κ3) is 7.29. The van der Waals surface area contributed by atoms with E-state index in [0.29, 0.717) is 48.4 Å². The molecule has 3 rings (SSSR count). The van der Waals surface area contributed by atoms with E-state index in [2.05, 4.69) is 35.1 Å². The zero-order chi connectivity index (χ0) is 26.3. The summed E-state index contributed by atoms with van der Waals surface area (Å²) in [4.78, 5) is 48.5. The maximum atomic E-state index is 13.2. The zero-order valence-corrected chi connectivity index (χ0v) is 21.1. The molecule has 36 heavy (non-hydrogen) atoms. The van der Waals surface area contributed by atoms with Crippen LogP contribution in [0, 0.1) is 28.6 Å². The first-order valence-electron chi connectivity index (χ1n) is 12.7. The van der Waals surface area contributed by atoms with Crippen molar-refractivity contribution in [3.05, 3.63) is 23.8 Å². The van der Waals surface area contributed by atoms with Crippen LogP contribution in [0.3, 0.4) is 0 Å². The van der Waals surface area contributed by atoms with E-state index in [1.807, 2.05) is 0 Å². The minimum atomic E-state index is -0.497. The highest BCUT2D eigenvalue weighted by Crippen LogP contribution is 2.52. The van der Waals surface area contributed by atoms with Crippen LogP contribution in [0.1, 0.15) is 69.2 Å². The summed E-state index contributed by atoms with van der Waals surface area (Å²) in [6.45, 7) is 4.77. The van der Waals surface area contributed by atoms with Gasteiger partial charge in [-0.25, -0.2) is 0 Å². The predicted molar refractivity (Wildman–Crippen MR) is 139 cm³/mol. The summed E-state index contributed by atoms with van der Waals surface area (Å²) in [7, 11) is 0. The maximum Gasteiger partial charge on any atom is 0.251 e. The van der Waals surface area contributed by atoms with E-state index in [9.17, 15) is 19.2 Å². The molecule has 2 fully saturated rings. The average Bonchev–Trinajstić information content (AvgIpc) is 2.78. The van der Waals surface area contributed by atoms with Crippen LogP contribution < -0.4 is 27.0 Å². The number of fused-ring (bicyclic) bond motifs is 2. The highest BCUT2D eigenvalue weighted by molar-refractivity contribution is 6.00. The van der Waals surface area contributed by atoms with Crippen LogP contribution in [-0.4, -0.2) is 43.1 Å². The van der Waals surface area contributed by atoms with Crippen LogP contribution in [0.4, 0.5) is 11.4 Å². The lowest BCUT2D eigenvalue weighted by Crippen LogP contribution is -2.49. The molecule has 2 unspecified atom stereocenters. The van der Waals surface area contributed by atoms with Crippen molar-refractivity contribution in [2.24, 2.45) is 28.9 Å². The van der Waals surface area contributed by atoms with Gasteiger partial charge in [-0.1, -0.05) is 13.8 Å². The van der Waals surface area contributed by atoms with Crippen LogP contribution in [0.5, 0.6) is 0 Å². The smallest absolute Gasteiger partial charge is 0.251 e. The number of rotatable bonds is 10. The first-order chi connectivity index (χ1) is 17.1. The summed E-state index contributed by atoms with van der Waals surface area (Å²) in [5.41, 5.74) is 6.02. The quantitative estimate of drug-likeness (QED) is 0.125. The predicted octanol–water partition coefficient (Wildman–Crippen LogP) is 2.61. The molecule has 2 aliphatic rings. The maximum absolute atomic E-state index is 13.2. The second-order valence-electron chi connectivity index (χ2n) is 10.6. The molecule has 0 aromatic heterocycles. The Labute approximate surface area is 212 Å². The molecule has 7 N–H and O–H groups in total. The molecule has 2 atom stereocenters. The van der Waals surface area contributed by atoms with Crippen molar-refractivity contribution < 1.29 is 19.2 Å². The molecule has 10 heteroatoms. The van der Waals surface area contributed by atoms with Gasteiger partial charge in [0, 0.05) is 35.3 Å². The van der Waals surface area contributed by atoms with Gasteiger partial charge in [0.1, 0.15) is 6.29 Å². The van der Waals surface area contributed by atoms with Crippen LogP contribution in [0.15, 0.2) is 18.2 Å². The molecule has 1 aromatic carbocycles. The van der Waals surface area contributed by atoms with E-state index in [4.69, 9.17) is 11.1 Å². The summed E-state index contributed by atoms with van der Waals surface area (Å²) in [6.07, 6.45) is 6.52. The number of carbonyl (C=O) groups excluding carboxylic acids is 4. The number of hydrogen-bond acceptors (Lipinski definition) is 5. The van der Waals surface area contributed by atoms with E-state index < -0.39 is 5.91 Å². The molecule has 0 spiro atoms. The first kappa shape index (κ1) is 27.2. The fraction of sp³-hybridized carbons (Fsp3) is 0.577. The van der Waals surface area contributed by atoms with Crippen molar-refractivity contribution in [1.82, 2.24) is 10.6 Å². The number of nitrogens with one attached hydrogen (secondary N) is 5. The molecule has 0 aliphatic heterocycles. The molecule has 196 valence electrons. The fourth-order valence-electron chi connectivity index (χ4n) is 6.14. The van der Waals surface area contributed by atoms with Gasteiger partial charge in [-0.05, 0) is 74.5 Å². The average molecular weight is 499 g/mol. The summed E-state index contributed by atoms with van der Waals surface area (Å²) < 4.78 is 0. The fourth-order valence-corrected chi connectivity index (χ4v) is 6.14. The Morgan fingerprint density at radius 1 is 1.03 bits per heavy atom. The summed E-state index contributed by atoms with van der Waals surface area (Å²) in [5, 5.41) is 18.3. The summed E-state index contributed by atoms with van der Waals surface area (Å²) in [6, 6.07) is 4.51. The molecule has 1 aromatic rings. The molecule has 3 amide bonds. The molecule has 2 saturated carbocycles. The second-order valence-corrected chi connectivity index (χ2v) is 10.6. The Balaban J connectivity index is 1.53. The van der Waals surface area contributed by atoms with Gasteiger partial charge in [-0.2, -0.15) is 0 Å². The monoisotopic (exact) mass is 498 g/mol. The molecular formula is C26H38N6O4. The second kappa shape index (κ2) is 12.0. The first-order valence-corrected chi connectivity index (χ1v) is 12.7. The van der Waals surface area contributed by atoms with Crippen molar-refractivity contribution >= 4 is 41.3 Å². The molecular weight excluding hydrogens is 460 g/mol. The molecule has 0 radical (unpaired) electrons. The van der Waals surface area contributed by atoms with E-state index >= 15 is 0 Å². The largest absolute Gasteiger partial charge is 0.370 e. The standard InChI is InChI=1S/C26H38N6O4/c1-16-8-18-9-17(2)14-26(13-16,15-18)24(36)30-5-3-4-22(34)31-20-10-19(23(35)29-6-7-33)11-21(12-20)32-25(27)28/h7,10-12,16-18H,3-6,8-9,13-15H2,1-2H3,(H,29,35)(H,30,36)(H,31,34)(H4,27,28,32). The van der Waals surface area contributed by atoms with Gasteiger partial charge in [0.25, 0.3) is 5.91 Å². The number of amides is 3. The van der Waals surface area contributed by atoms with Gasteiger partial charge >= 0.3 is 0 Å². The number of nitrogens with two attached hydrogens (primary N) is 1. The topological polar surface area (TPSA) is 166 Å². The van der Waals surface area contributed by atoms with Crippen molar-refractivity contribution in [2.75, 3.05) is 23.7 Å². The molecule has 0 saturated heterocycles. The van der Waals surface area contributed by atoms with Crippen molar-refractivity contribution in [3.63, 3.8) is 0 Å². The highest BCUT2D eigenvalue weighted by Gasteiger charge is 2.48. The van der Waals surface area contributed by atoms with Gasteiger partial charge in [0.05, 0.1) is 6.54 Å². The van der Waals surface area contributed by atoms with E-state index in [0.717, 1.165) is 19.3 Å². The SMILES string of the molecule is CC1CC2CC(C)CC(C(=O)NCCCC(=O)Nc3cc(NC(=N)N)cc(C(=O)NCC=O)c3)(C1)C2. The Bertz CT molecular complexity index is 991. The molecule has 0 heterocycles. The Kier molecular flexibility index (Phi) is 9.06. The van der Waals surface area contributed by atoms with Crippen LogP contribution in [0.25, 0.3) is 0 Å². The number of carbonyl (C=O) groups is 4. The van der Waals surface area contributed by atoms with Crippen molar-refractivity contribution in [2.45, 2.75) is 58.8 Å². The number of anilines is 2. The molecule has 2 bridgehead atoms. The number of guanidine groups is 1. The van der Waals surface area contributed by atoms with Crippen LogP contribution in [0.2, 0.25) is 0 Å². The Morgan fingerprint density at radius 2 is 1.67 bits per heavy atom. The lowest BCUT2D eigenvalue weighted by atomic mass is 9.56. The molecule has 10 nitrogen and oxygen atoms in total. The Morgan fingerprint density at radius 3 is 2.28 bits per heavy atom. The Hall–Kier alpha value is -3.43. The lowest BCUT2D eigenvalue weighted by Gasteiger charge is -2.48. The van der Waals surface area contributed by atoms with E-state index in [1.54, 1.807) is 6.07 Å². The number of hydrogen-bond donors (Lipinski definition) is 6. The van der Waals surface area contributed by atoms with Gasteiger partial charge in [0.2, 0.25) is 11.8 Å². The summed E-state index contributed by atoms with van der Waals surface area (Å²) >= 11 is 0. The van der Waals surface area contributed by atoms with Crippen molar-refractivity contribution in [1.29, 1.82) is 5.41 Å². The number of aldehydes is 1. The van der Waals surface area contributed by atoms with E-state index in [-0.39, 0.29) is 41.7 Å². The molecule has 2 aliphatic carbocycles. The van der Waals surface area contributed by atoms with Gasteiger partial charge < -0.3 is 31.8 Å². The van der Waals surface area contributed by atoms with Gasteiger partial charge in [0.15, 0.2) is 5.96 Å². The van der Waals surface area contributed by atoms with E-state index in [1.165, 1.54) is 25.0 Å². The highest BCUT2D eigenvalue weighted by atomic mass is 16.2.